The van der Waals surface area contributed by atoms with Gasteiger partial charge in [0.15, 0.2) is 11.5 Å². The van der Waals surface area contributed by atoms with Crippen LogP contribution in [0.1, 0.15) is 30.9 Å². The van der Waals surface area contributed by atoms with Crippen molar-refractivity contribution in [2.45, 2.75) is 35.7 Å². The monoisotopic (exact) mass is 521 g/mol. The van der Waals surface area contributed by atoms with Gasteiger partial charge >= 0.3 is 12.1 Å². The maximum Gasteiger partial charge on any atom is 0.418 e. The summed E-state index contributed by atoms with van der Waals surface area (Å²) in [7, 11) is 0. The minimum Gasteiger partial charge on any atom is -0.486 e. The Balaban J connectivity index is 1.54. The van der Waals surface area contributed by atoms with Crippen molar-refractivity contribution in [2.24, 2.45) is 5.92 Å². The molecule has 0 spiro atoms. The lowest BCUT2D eigenvalue weighted by molar-refractivity contribution is -0.150. The molecular weight excluding hydrogens is 495 g/mol. The third kappa shape index (κ3) is 6.16. The number of hydrogen-bond donors (Lipinski definition) is 0. The van der Waals surface area contributed by atoms with Gasteiger partial charge in [0.2, 0.25) is 5.91 Å². The van der Waals surface area contributed by atoms with Crippen LogP contribution in [0.5, 0.6) is 11.5 Å². The van der Waals surface area contributed by atoms with E-state index in [4.69, 9.17) is 14.2 Å². The highest BCUT2D eigenvalue weighted by Gasteiger charge is 2.36. The fourth-order valence-corrected chi connectivity index (χ4v) is 5.22. The molecule has 1 saturated heterocycles. The Morgan fingerprint density at radius 1 is 1.17 bits per heavy atom. The lowest BCUT2D eigenvalue weighted by atomic mass is 9.98. The van der Waals surface area contributed by atoms with Crippen LogP contribution in [0, 0.1) is 5.92 Å². The van der Waals surface area contributed by atoms with E-state index in [1.807, 2.05) is 0 Å². The molecule has 6 nitrogen and oxygen atoms in total. The molecular formula is C26H26F3NO5S. The number of rotatable bonds is 6. The second kappa shape index (κ2) is 11.3. The Hall–Kier alpha value is -3.14. The second-order valence-electron chi connectivity index (χ2n) is 8.33. The maximum absolute atomic E-state index is 14.1. The van der Waals surface area contributed by atoms with Crippen LogP contribution in [0.4, 0.5) is 13.2 Å². The highest BCUT2D eigenvalue weighted by Crippen LogP contribution is 2.43. The van der Waals surface area contributed by atoms with Gasteiger partial charge in [-0.25, -0.2) is 0 Å². The molecule has 2 aliphatic rings. The molecule has 4 rings (SSSR count). The molecule has 10 heteroatoms. The number of nitrogens with zero attached hydrogens (tertiary/aromatic N) is 1. The third-order valence-corrected chi connectivity index (χ3v) is 6.89. The topological polar surface area (TPSA) is 65.1 Å². The van der Waals surface area contributed by atoms with Crippen molar-refractivity contribution >= 4 is 29.7 Å². The van der Waals surface area contributed by atoms with Crippen molar-refractivity contribution in [3.63, 3.8) is 0 Å². The maximum atomic E-state index is 14.1. The van der Waals surface area contributed by atoms with Gasteiger partial charge in [-0.2, -0.15) is 13.2 Å². The number of amides is 1. The molecule has 2 aliphatic heterocycles. The summed E-state index contributed by atoms with van der Waals surface area (Å²) in [6.45, 7) is 3.39. The van der Waals surface area contributed by atoms with Gasteiger partial charge in [-0.15, -0.1) is 0 Å². The first-order chi connectivity index (χ1) is 17.3. The van der Waals surface area contributed by atoms with Crippen LogP contribution in [0.2, 0.25) is 0 Å². The first-order valence-electron chi connectivity index (χ1n) is 11.7. The van der Waals surface area contributed by atoms with E-state index in [2.05, 4.69) is 0 Å². The fraction of sp³-hybridized carbons (Fsp3) is 0.385. The second-order valence-corrected chi connectivity index (χ2v) is 9.45. The average Bonchev–Trinajstić information content (AvgIpc) is 2.86. The van der Waals surface area contributed by atoms with Crippen LogP contribution >= 0.6 is 11.8 Å². The minimum absolute atomic E-state index is 0.00845. The number of carbonyl (C=O) groups excluding carboxylic acids is 2. The lowest BCUT2D eigenvalue weighted by Gasteiger charge is -2.30. The molecule has 192 valence electrons. The first kappa shape index (κ1) is 25.9. The Kier molecular flexibility index (Phi) is 8.13. The summed E-state index contributed by atoms with van der Waals surface area (Å²) >= 11 is 0.962. The molecule has 0 N–H and O–H groups in total. The number of piperidine rings is 1. The van der Waals surface area contributed by atoms with Gasteiger partial charge in [0.25, 0.3) is 0 Å². The molecule has 2 heterocycles. The Morgan fingerprint density at radius 2 is 1.94 bits per heavy atom. The quantitative estimate of drug-likeness (QED) is 0.373. The molecule has 1 atom stereocenters. The zero-order valence-electron chi connectivity index (χ0n) is 19.7. The highest BCUT2D eigenvalue weighted by molar-refractivity contribution is 7.99. The summed E-state index contributed by atoms with van der Waals surface area (Å²) in [5.41, 5.74) is -0.936. The fourth-order valence-electron chi connectivity index (χ4n) is 4.19. The molecule has 0 aromatic heterocycles. The number of likely N-dealkylation sites (tertiary alicyclic amines) is 1. The van der Waals surface area contributed by atoms with E-state index in [9.17, 15) is 22.8 Å². The number of ether oxygens (including phenoxy) is 3. The van der Waals surface area contributed by atoms with E-state index >= 15 is 0 Å². The Bertz CT molecular complexity index is 1150. The van der Waals surface area contributed by atoms with E-state index < -0.39 is 23.6 Å². The molecule has 0 saturated carbocycles. The van der Waals surface area contributed by atoms with Crippen molar-refractivity contribution in [1.82, 2.24) is 4.90 Å². The Morgan fingerprint density at radius 3 is 2.69 bits per heavy atom. The van der Waals surface area contributed by atoms with Gasteiger partial charge in [-0.3, -0.25) is 9.59 Å². The molecule has 0 bridgehead atoms. The van der Waals surface area contributed by atoms with Crippen molar-refractivity contribution < 1.29 is 37.0 Å². The van der Waals surface area contributed by atoms with Gasteiger partial charge in [0.1, 0.15) is 13.2 Å². The summed E-state index contributed by atoms with van der Waals surface area (Å²) in [4.78, 5) is 26.8. The molecule has 0 radical (unpaired) electrons. The average molecular weight is 522 g/mol. The number of hydrogen-bond acceptors (Lipinski definition) is 6. The molecule has 0 aliphatic carbocycles. The van der Waals surface area contributed by atoms with Crippen LogP contribution < -0.4 is 9.47 Å². The highest BCUT2D eigenvalue weighted by atomic mass is 32.2. The van der Waals surface area contributed by atoms with Crippen molar-refractivity contribution in [1.29, 1.82) is 0 Å². The number of halogens is 3. The zero-order valence-corrected chi connectivity index (χ0v) is 20.5. The molecule has 1 unspecified atom stereocenters. The van der Waals surface area contributed by atoms with Crippen molar-refractivity contribution in [3.05, 3.63) is 53.6 Å². The predicted octanol–water partition coefficient (Wildman–Crippen LogP) is 5.44. The SMILES string of the molecule is CCOC(=O)C1CCCN(C(=O)/C=C/c2cccc(Sc3ccc4c(c3)OCCO4)c2C(F)(F)F)C1. The van der Waals surface area contributed by atoms with Crippen LogP contribution in [0.25, 0.3) is 6.08 Å². The number of carbonyl (C=O) groups is 2. The number of benzene rings is 2. The van der Waals surface area contributed by atoms with Crippen LogP contribution in [-0.4, -0.2) is 49.7 Å². The smallest absolute Gasteiger partial charge is 0.418 e. The zero-order chi connectivity index (χ0) is 25.7. The van der Waals surface area contributed by atoms with Crippen molar-refractivity contribution in [2.75, 3.05) is 32.9 Å². The van der Waals surface area contributed by atoms with E-state index in [1.165, 1.54) is 29.2 Å². The minimum atomic E-state index is -4.64. The normalized spacial score (nSPS) is 17.8. The summed E-state index contributed by atoms with van der Waals surface area (Å²) in [5, 5.41) is 0. The van der Waals surface area contributed by atoms with Gasteiger partial charge in [-0.1, -0.05) is 23.9 Å². The molecule has 2 aromatic rings. The van der Waals surface area contributed by atoms with E-state index in [-0.39, 0.29) is 29.6 Å². The van der Waals surface area contributed by atoms with E-state index in [1.54, 1.807) is 25.1 Å². The molecule has 36 heavy (non-hydrogen) atoms. The van der Waals surface area contributed by atoms with E-state index in [0.717, 1.165) is 17.8 Å². The molecule has 1 fully saturated rings. The van der Waals surface area contributed by atoms with Crippen LogP contribution in [0.3, 0.4) is 0 Å². The number of fused-ring (bicyclic) bond motifs is 1. The summed E-state index contributed by atoms with van der Waals surface area (Å²) in [6, 6.07) is 9.27. The summed E-state index contributed by atoms with van der Waals surface area (Å²) in [6.07, 6.45) is -1.08. The molecule has 1 amide bonds. The standard InChI is InChI=1S/C26H26F3NO5S/c1-2-33-25(32)18-6-4-12-30(16-18)23(31)11-8-17-5-3-7-22(24(17)26(27,28)29)36-19-9-10-20-21(15-19)35-14-13-34-20/h3,5,7-11,15,18H,2,4,6,12-14,16H2,1H3/b11-8+. The first-order valence-corrected chi connectivity index (χ1v) is 12.5. The van der Waals surface area contributed by atoms with Crippen LogP contribution in [0.15, 0.2) is 52.3 Å². The number of alkyl halides is 3. The largest absolute Gasteiger partial charge is 0.486 e. The predicted molar refractivity (Wildman–Crippen MR) is 128 cm³/mol. The van der Waals surface area contributed by atoms with Gasteiger partial charge in [0, 0.05) is 29.0 Å². The van der Waals surface area contributed by atoms with Gasteiger partial charge in [0.05, 0.1) is 18.1 Å². The van der Waals surface area contributed by atoms with Crippen LogP contribution in [-0.2, 0) is 20.5 Å². The molecule has 2 aromatic carbocycles. The lowest BCUT2D eigenvalue weighted by Crippen LogP contribution is -2.42. The Labute approximate surface area is 211 Å². The summed E-state index contributed by atoms with van der Waals surface area (Å²) in [5.74, 6) is -0.180. The van der Waals surface area contributed by atoms with Gasteiger partial charge < -0.3 is 19.1 Å². The third-order valence-electron chi connectivity index (χ3n) is 5.84. The van der Waals surface area contributed by atoms with Crippen molar-refractivity contribution in [3.8, 4) is 11.5 Å². The summed E-state index contributed by atoms with van der Waals surface area (Å²) < 4.78 is 58.5. The van der Waals surface area contributed by atoms with Gasteiger partial charge in [-0.05, 0) is 55.7 Å². The van der Waals surface area contributed by atoms with E-state index in [0.29, 0.717) is 49.0 Å². The number of esters is 1.